The molecule has 0 amide bonds. The van der Waals surface area contributed by atoms with E-state index in [4.69, 9.17) is 0 Å². The summed E-state index contributed by atoms with van der Waals surface area (Å²) in [5.74, 6) is -0.289. The Labute approximate surface area is 164 Å². The molecular formula is C18H19F3N6O2. The average molecular weight is 408 g/mol. The zero-order valence-electron chi connectivity index (χ0n) is 15.7. The lowest BCUT2D eigenvalue weighted by Crippen LogP contribution is -2.38. The van der Waals surface area contributed by atoms with Gasteiger partial charge in [-0.3, -0.25) is 4.98 Å². The number of alkyl halides is 3. The number of rotatable bonds is 7. The smallest absolute Gasteiger partial charge is 0.422 e. The summed E-state index contributed by atoms with van der Waals surface area (Å²) in [6, 6.07) is 6.39. The van der Waals surface area contributed by atoms with E-state index in [0.717, 1.165) is 0 Å². The maximum absolute atomic E-state index is 12.2. The second-order valence-electron chi connectivity index (χ2n) is 6.81. The van der Waals surface area contributed by atoms with Gasteiger partial charge in [0.15, 0.2) is 6.61 Å². The van der Waals surface area contributed by atoms with E-state index in [-0.39, 0.29) is 18.3 Å². The molecule has 3 aromatic heterocycles. The first kappa shape index (κ1) is 20.6. The highest BCUT2D eigenvalue weighted by Gasteiger charge is 2.35. The summed E-state index contributed by atoms with van der Waals surface area (Å²) < 4.78 is 42.6. The number of hydrogen-bond acceptors (Lipinski definition) is 7. The van der Waals surface area contributed by atoms with E-state index in [9.17, 15) is 18.3 Å². The van der Waals surface area contributed by atoms with Crippen molar-refractivity contribution in [3.63, 3.8) is 0 Å². The molecule has 0 aliphatic rings. The normalized spacial score (nSPS) is 14.0. The minimum Gasteiger partial charge on any atom is -0.468 e. The van der Waals surface area contributed by atoms with E-state index >= 15 is 0 Å². The van der Waals surface area contributed by atoms with Crippen LogP contribution in [-0.4, -0.2) is 48.1 Å². The van der Waals surface area contributed by atoms with Gasteiger partial charge in [-0.05, 0) is 28.5 Å². The van der Waals surface area contributed by atoms with Crippen LogP contribution in [0.5, 0.6) is 5.88 Å². The Morgan fingerprint density at radius 2 is 1.76 bits per heavy atom. The molecule has 0 aliphatic carbocycles. The first-order valence-electron chi connectivity index (χ1n) is 8.73. The molecule has 3 rings (SSSR count). The van der Waals surface area contributed by atoms with Crippen LogP contribution in [0.1, 0.15) is 19.5 Å². The summed E-state index contributed by atoms with van der Waals surface area (Å²) in [5.41, 5.74) is 0.500. The lowest BCUT2D eigenvalue weighted by Gasteiger charge is -2.31. The van der Waals surface area contributed by atoms with Gasteiger partial charge in [0, 0.05) is 29.6 Å². The van der Waals surface area contributed by atoms with Crippen LogP contribution in [0.15, 0.2) is 43.0 Å². The van der Waals surface area contributed by atoms with Crippen molar-refractivity contribution in [2.45, 2.75) is 32.2 Å². The second kappa shape index (κ2) is 8.11. The summed E-state index contributed by atoms with van der Waals surface area (Å²) in [7, 11) is 0. The van der Waals surface area contributed by atoms with Crippen molar-refractivity contribution in [2.24, 2.45) is 5.92 Å². The molecule has 1 N–H and O–H groups in total. The highest BCUT2D eigenvalue weighted by Crippen LogP contribution is 2.31. The van der Waals surface area contributed by atoms with Crippen LogP contribution in [0.25, 0.3) is 11.1 Å². The molecule has 3 heterocycles. The van der Waals surface area contributed by atoms with Gasteiger partial charge in [-0.25, -0.2) is 9.67 Å². The van der Waals surface area contributed by atoms with Gasteiger partial charge < -0.3 is 9.84 Å². The molecule has 1 unspecified atom stereocenters. The fraction of sp³-hybridized carbons (Fsp3) is 0.389. The molecule has 11 heteroatoms. The summed E-state index contributed by atoms with van der Waals surface area (Å²) in [6.45, 7) is 2.47. The number of aromatic nitrogens is 6. The van der Waals surface area contributed by atoms with E-state index in [2.05, 4.69) is 30.2 Å². The van der Waals surface area contributed by atoms with Crippen molar-refractivity contribution in [1.82, 2.24) is 30.2 Å². The number of aliphatic hydroxyl groups is 1. The standard InChI is InChI=1S/C18H19F3N6O2/c1-12(2)17(28,9-27-11-24-25-26-27)15-5-3-13(7-22-15)14-4-6-16(23-8-14)29-10-18(19,20)21/h3-8,11-12,28H,9-10H2,1-2H3. The molecule has 154 valence electrons. The minimum atomic E-state index is -4.42. The van der Waals surface area contributed by atoms with Crippen molar-refractivity contribution in [3.05, 3.63) is 48.7 Å². The van der Waals surface area contributed by atoms with Gasteiger partial charge in [-0.2, -0.15) is 13.2 Å². The molecular weight excluding hydrogens is 389 g/mol. The summed E-state index contributed by atoms with van der Waals surface area (Å²) in [5, 5.41) is 22.1. The summed E-state index contributed by atoms with van der Waals surface area (Å²) >= 11 is 0. The minimum absolute atomic E-state index is 0.119. The number of ether oxygens (including phenoxy) is 1. The maximum atomic E-state index is 12.2. The van der Waals surface area contributed by atoms with Crippen LogP contribution in [0.3, 0.4) is 0 Å². The molecule has 1 atom stereocenters. The van der Waals surface area contributed by atoms with Gasteiger partial charge in [0.25, 0.3) is 0 Å². The number of nitrogens with zero attached hydrogens (tertiary/aromatic N) is 6. The van der Waals surface area contributed by atoms with Gasteiger partial charge in [-0.1, -0.05) is 19.9 Å². The highest BCUT2D eigenvalue weighted by molar-refractivity contribution is 5.61. The maximum Gasteiger partial charge on any atom is 0.422 e. The van der Waals surface area contributed by atoms with Crippen molar-refractivity contribution in [1.29, 1.82) is 0 Å². The molecule has 0 saturated heterocycles. The molecule has 0 bridgehead atoms. The van der Waals surface area contributed by atoms with Gasteiger partial charge in [0.2, 0.25) is 5.88 Å². The number of pyridine rings is 2. The Bertz CT molecular complexity index is 914. The third-order valence-corrected chi connectivity index (χ3v) is 4.41. The third-order valence-electron chi connectivity index (χ3n) is 4.41. The highest BCUT2D eigenvalue weighted by atomic mass is 19.4. The van der Waals surface area contributed by atoms with E-state index < -0.39 is 18.4 Å². The van der Waals surface area contributed by atoms with E-state index in [0.29, 0.717) is 16.8 Å². The first-order chi connectivity index (χ1) is 13.7. The second-order valence-corrected chi connectivity index (χ2v) is 6.81. The van der Waals surface area contributed by atoms with E-state index in [1.54, 1.807) is 24.4 Å². The monoisotopic (exact) mass is 408 g/mol. The molecule has 0 aromatic carbocycles. The summed E-state index contributed by atoms with van der Waals surface area (Å²) in [4.78, 5) is 8.26. The fourth-order valence-corrected chi connectivity index (χ4v) is 2.67. The SMILES string of the molecule is CC(C)C(O)(Cn1cnnn1)c1ccc(-c2ccc(OCC(F)(F)F)nc2)cn1. The van der Waals surface area contributed by atoms with Crippen LogP contribution in [0.4, 0.5) is 13.2 Å². The topological polar surface area (TPSA) is 98.8 Å². The van der Waals surface area contributed by atoms with E-state index in [1.807, 2.05) is 13.8 Å². The van der Waals surface area contributed by atoms with Gasteiger partial charge in [-0.15, -0.1) is 5.10 Å². The van der Waals surface area contributed by atoms with Crippen LogP contribution in [0.2, 0.25) is 0 Å². The zero-order valence-corrected chi connectivity index (χ0v) is 15.7. The molecule has 3 aromatic rings. The van der Waals surface area contributed by atoms with Gasteiger partial charge >= 0.3 is 6.18 Å². The zero-order chi connectivity index (χ0) is 21.1. The van der Waals surface area contributed by atoms with Gasteiger partial charge in [0.1, 0.15) is 11.9 Å². The van der Waals surface area contributed by atoms with Crippen LogP contribution in [0, 0.1) is 5.92 Å². The number of tetrazole rings is 1. The molecule has 0 fully saturated rings. The summed E-state index contributed by atoms with van der Waals surface area (Å²) in [6.07, 6.45) is -0.0426. The van der Waals surface area contributed by atoms with Crippen molar-refractivity contribution in [3.8, 4) is 17.0 Å². The molecule has 8 nitrogen and oxygen atoms in total. The van der Waals surface area contributed by atoms with E-state index in [1.165, 1.54) is 23.3 Å². The Kier molecular flexibility index (Phi) is 5.78. The molecule has 0 spiro atoms. The Morgan fingerprint density at radius 1 is 1.07 bits per heavy atom. The Morgan fingerprint density at radius 3 is 2.24 bits per heavy atom. The molecule has 0 aliphatic heterocycles. The predicted octanol–water partition coefficient (Wildman–Crippen LogP) is 2.62. The lowest BCUT2D eigenvalue weighted by atomic mass is 9.86. The first-order valence-corrected chi connectivity index (χ1v) is 8.73. The molecule has 0 saturated carbocycles. The lowest BCUT2D eigenvalue weighted by molar-refractivity contribution is -0.154. The fourth-order valence-electron chi connectivity index (χ4n) is 2.67. The van der Waals surface area contributed by atoms with Crippen LogP contribution in [-0.2, 0) is 12.1 Å². The number of halogens is 3. The van der Waals surface area contributed by atoms with Crippen molar-refractivity contribution >= 4 is 0 Å². The van der Waals surface area contributed by atoms with Crippen molar-refractivity contribution in [2.75, 3.05) is 6.61 Å². The van der Waals surface area contributed by atoms with Gasteiger partial charge in [0.05, 0.1) is 12.2 Å². The molecule has 0 radical (unpaired) electrons. The quantitative estimate of drug-likeness (QED) is 0.642. The van der Waals surface area contributed by atoms with Crippen molar-refractivity contribution < 1.29 is 23.0 Å². The Hall–Kier alpha value is -3.08. The largest absolute Gasteiger partial charge is 0.468 e. The van der Waals surface area contributed by atoms with Crippen LogP contribution >= 0.6 is 0 Å². The average Bonchev–Trinajstić information content (AvgIpc) is 3.19. The predicted molar refractivity (Wildman–Crippen MR) is 95.6 cm³/mol. The molecule has 29 heavy (non-hydrogen) atoms. The van der Waals surface area contributed by atoms with Crippen LogP contribution < -0.4 is 4.74 Å². The third kappa shape index (κ3) is 5.05. The Balaban J connectivity index is 1.76. The number of hydrogen-bond donors (Lipinski definition) is 1.